The number of rotatable bonds is 1. The van der Waals surface area contributed by atoms with Crippen LogP contribution in [-0.2, 0) is 0 Å². The first-order valence-corrected chi connectivity index (χ1v) is 7.54. The zero-order valence-corrected chi connectivity index (χ0v) is 13.2. The summed E-state index contributed by atoms with van der Waals surface area (Å²) < 4.78 is 0. The largest absolute Gasteiger partial charge is 0.306 e. The van der Waals surface area contributed by atoms with Crippen molar-refractivity contribution in [2.75, 3.05) is 33.2 Å². The predicted octanol–water partition coefficient (Wildman–Crippen LogP) is 3.47. The summed E-state index contributed by atoms with van der Waals surface area (Å²) >= 11 is 0. The maximum atomic E-state index is 2.64. The molecule has 1 unspecified atom stereocenters. The normalized spacial score (nSPS) is 28.9. The monoisotopic (exact) mass is 242 g/mol. The van der Waals surface area contributed by atoms with Gasteiger partial charge in [0.2, 0.25) is 0 Å². The van der Waals surface area contributed by atoms with E-state index in [1.807, 2.05) is 27.7 Å². The van der Waals surface area contributed by atoms with Crippen molar-refractivity contribution >= 4 is 0 Å². The summed E-state index contributed by atoms with van der Waals surface area (Å²) in [5.74, 6) is 0. The van der Waals surface area contributed by atoms with E-state index >= 15 is 0 Å². The molecule has 1 atom stereocenters. The average molecular weight is 242 g/mol. The Kier molecular flexibility index (Phi) is 8.06. The van der Waals surface area contributed by atoms with Gasteiger partial charge in [-0.25, -0.2) is 0 Å². The molecule has 0 aromatic heterocycles. The summed E-state index contributed by atoms with van der Waals surface area (Å²) in [5, 5.41) is 0. The standard InChI is InChI=1S/C11H22N2.2C2H6/c1-10(2)13-7-5-11(9-13)4-6-12(3)8-11;2*1-2/h10H,4-9H2,1-3H3;2*1-2H3. The van der Waals surface area contributed by atoms with E-state index in [1.54, 1.807) is 0 Å². The fraction of sp³-hybridized carbons (Fsp3) is 1.00. The fourth-order valence-corrected chi connectivity index (χ4v) is 2.90. The minimum Gasteiger partial charge on any atom is -0.306 e. The number of nitrogens with zero attached hydrogens (tertiary/aromatic N) is 2. The molecule has 0 amide bonds. The quantitative estimate of drug-likeness (QED) is 0.694. The van der Waals surface area contributed by atoms with Crippen LogP contribution < -0.4 is 0 Å². The van der Waals surface area contributed by atoms with Crippen molar-refractivity contribution in [3.05, 3.63) is 0 Å². The first kappa shape index (κ1) is 16.9. The minimum atomic E-state index is 0.666. The predicted molar refractivity (Wildman–Crippen MR) is 78.6 cm³/mol. The van der Waals surface area contributed by atoms with Crippen LogP contribution in [0.5, 0.6) is 0 Å². The van der Waals surface area contributed by atoms with E-state index in [9.17, 15) is 0 Å². The molecule has 0 aromatic carbocycles. The highest BCUT2D eigenvalue weighted by Crippen LogP contribution is 2.39. The molecular formula is C15H34N2. The van der Waals surface area contributed by atoms with Gasteiger partial charge in [0.05, 0.1) is 0 Å². The van der Waals surface area contributed by atoms with Gasteiger partial charge < -0.3 is 9.80 Å². The highest BCUT2D eigenvalue weighted by Gasteiger charge is 2.42. The second-order valence-electron chi connectivity index (χ2n) is 5.30. The van der Waals surface area contributed by atoms with Crippen LogP contribution >= 0.6 is 0 Å². The second-order valence-corrected chi connectivity index (χ2v) is 5.30. The Labute approximate surface area is 109 Å². The SMILES string of the molecule is CC.CC.CC(C)N1CCC2(CCN(C)C2)C1. The van der Waals surface area contributed by atoms with Gasteiger partial charge in [-0.05, 0) is 52.2 Å². The number of hydrogen-bond acceptors (Lipinski definition) is 2. The molecule has 0 aromatic rings. The maximum Gasteiger partial charge on any atom is 0.00539 e. The summed E-state index contributed by atoms with van der Waals surface area (Å²) in [7, 11) is 2.26. The van der Waals surface area contributed by atoms with Crippen LogP contribution in [-0.4, -0.2) is 49.1 Å². The van der Waals surface area contributed by atoms with E-state index < -0.39 is 0 Å². The van der Waals surface area contributed by atoms with Crippen molar-refractivity contribution in [3.8, 4) is 0 Å². The van der Waals surface area contributed by atoms with Gasteiger partial charge in [-0.1, -0.05) is 27.7 Å². The second kappa shape index (κ2) is 8.10. The number of hydrogen-bond donors (Lipinski definition) is 0. The van der Waals surface area contributed by atoms with E-state index in [-0.39, 0.29) is 0 Å². The lowest BCUT2D eigenvalue weighted by atomic mass is 9.86. The first-order valence-electron chi connectivity index (χ1n) is 7.54. The lowest BCUT2D eigenvalue weighted by Crippen LogP contribution is -2.33. The molecule has 0 radical (unpaired) electrons. The third-order valence-electron chi connectivity index (χ3n) is 3.83. The van der Waals surface area contributed by atoms with Crippen LogP contribution in [0.3, 0.4) is 0 Å². The third-order valence-corrected chi connectivity index (χ3v) is 3.83. The van der Waals surface area contributed by atoms with Gasteiger partial charge in [-0.3, -0.25) is 0 Å². The van der Waals surface area contributed by atoms with E-state index in [2.05, 4.69) is 30.7 Å². The van der Waals surface area contributed by atoms with Gasteiger partial charge in [0, 0.05) is 19.1 Å². The van der Waals surface area contributed by atoms with Crippen LogP contribution in [0, 0.1) is 5.41 Å². The summed E-state index contributed by atoms with van der Waals surface area (Å²) in [4.78, 5) is 5.13. The highest BCUT2D eigenvalue weighted by atomic mass is 15.2. The Morgan fingerprint density at radius 1 is 0.882 bits per heavy atom. The van der Waals surface area contributed by atoms with Crippen molar-refractivity contribution in [1.82, 2.24) is 9.80 Å². The van der Waals surface area contributed by atoms with Gasteiger partial charge in [-0.2, -0.15) is 0 Å². The minimum absolute atomic E-state index is 0.666. The molecule has 17 heavy (non-hydrogen) atoms. The van der Waals surface area contributed by atoms with Crippen molar-refractivity contribution < 1.29 is 0 Å². The Morgan fingerprint density at radius 3 is 1.76 bits per heavy atom. The van der Waals surface area contributed by atoms with Crippen LogP contribution in [0.15, 0.2) is 0 Å². The van der Waals surface area contributed by atoms with Crippen molar-refractivity contribution in [1.29, 1.82) is 0 Å². The van der Waals surface area contributed by atoms with E-state index in [0.717, 1.165) is 6.04 Å². The molecule has 2 aliphatic heterocycles. The van der Waals surface area contributed by atoms with Crippen molar-refractivity contribution in [3.63, 3.8) is 0 Å². The van der Waals surface area contributed by atoms with Crippen molar-refractivity contribution in [2.45, 2.75) is 60.4 Å². The zero-order chi connectivity index (χ0) is 13.5. The molecule has 0 N–H and O–H groups in total. The molecule has 2 nitrogen and oxygen atoms in total. The zero-order valence-electron chi connectivity index (χ0n) is 13.2. The summed E-state index contributed by atoms with van der Waals surface area (Å²) in [5.41, 5.74) is 0.666. The fourth-order valence-electron chi connectivity index (χ4n) is 2.90. The molecule has 0 bridgehead atoms. The molecule has 2 rings (SSSR count). The van der Waals surface area contributed by atoms with Gasteiger partial charge in [-0.15, -0.1) is 0 Å². The molecule has 2 aliphatic rings. The molecule has 1 spiro atoms. The lowest BCUT2D eigenvalue weighted by molar-refractivity contribution is 0.223. The molecule has 2 heterocycles. The number of likely N-dealkylation sites (tertiary alicyclic amines) is 2. The van der Waals surface area contributed by atoms with Crippen LogP contribution in [0.4, 0.5) is 0 Å². The van der Waals surface area contributed by atoms with E-state index in [1.165, 1.54) is 39.0 Å². The van der Waals surface area contributed by atoms with Crippen LogP contribution in [0.25, 0.3) is 0 Å². The van der Waals surface area contributed by atoms with Gasteiger partial charge in [0.25, 0.3) is 0 Å². The molecule has 2 heteroatoms. The summed E-state index contributed by atoms with van der Waals surface area (Å²) in [6.07, 6.45) is 2.85. The summed E-state index contributed by atoms with van der Waals surface area (Å²) in [6.45, 7) is 17.9. The van der Waals surface area contributed by atoms with Crippen LogP contribution in [0.2, 0.25) is 0 Å². The Bertz CT molecular complexity index is 191. The Balaban J connectivity index is 0.000000581. The third kappa shape index (κ3) is 4.59. The Morgan fingerprint density at radius 2 is 1.41 bits per heavy atom. The van der Waals surface area contributed by atoms with Gasteiger partial charge in [0.15, 0.2) is 0 Å². The smallest absolute Gasteiger partial charge is 0.00539 e. The lowest BCUT2D eigenvalue weighted by Gasteiger charge is -2.25. The van der Waals surface area contributed by atoms with Crippen LogP contribution in [0.1, 0.15) is 54.4 Å². The summed E-state index contributed by atoms with van der Waals surface area (Å²) in [6, 6.07) is 0.741. The molecule has 0 saturated carbocycles. The molecule has 104 valence electrons. The van der Waals surface area contributed by atoms with Gasteiger partial charge >= 0.3 is 0 Å². The molecule has 2 fully saturated rings. The average Bonchev–Trinajstić information content (AvgIpc) is 2.92. The van der Waals surface area contributed by atoms with E-state index in [0.29, 0.717) is 5.41 Å². The molecule has 2 saturated heterocycles. The highest BCUT2D eigenvalue weighted by molar-refractivity contribution is 4.96. The maximum absolute atomic E-state index is 2.64. The molecular weight excluding hydrogens is 208 g/mol. The van der Waals surface area contributed by atoms with Crippen molar-refractivity contribution in [2.24, 2.45) is 5.41 Å². The molecule has 0 aliphatic carbocycles. The topological polar surface area (TPSA) is 6.48 Å². The Hall–Kier alpha value is -0.0800. The van der Waals surface area contributed by atoms with E-state index in [4.69, 9.17) is 0 Å². The van der Waals surface area contributed by atoms with Gasteiger partial charge in [0.1, 0.15) is 0 Å². The first-order chi connectivity index (χ1) is 8.11.